The fraction of sp³-hybridized carbons (Fsp3) is 0.308. The molecule has 80 valence electrons. The number of carbonyl (C=O) groups is 1. The summed E-state index contributed by atoms with van der Waals surface area (Å²) in [6, 6.07) is 7.87. The average Bonchev–Trinajstić information content (AvgIpc) is 2.27. The summed E-state index contributed by atoms with van der Waals surface area (Å²) in [5.41, 5.74) is 2.35. The molecule has 0 radical (unpaired) electrons. The third-order valence-corrected chi connectivity index (χ3v) is 2.19. The molecule has 0 atom stereocenters. The van der Waals surface area contributed by atoms with E-state index in [1.54, 1.807) is 7.11 Å². The second kappa shape index (κ2) is 6.02. The maximum atomic E-state index is 10.2. The van der Waals surface area contributed by atoms with Crippen LogP contribution in [0.4, 0.5) is 0 Å². The Bertz CT molecular complexity index is 336. The van der Waals surface area contributed by atoms with E-state index in [0.29, 0.717) is 6.42 Å². The van der Waals surface area contributed by atoms with Crippen LogP contribution in [0.2, 0.25) is 0 Å². The number of methoxy groups -OCH3 is 1. The number of hydrogen-bond donors (Lipinski definition) is 0. The lowest BCUT2D eigenvalue weighted by Crippen LogP contribution is -1.83. The van der Waals surface area contributed by atoms with E-state index in [-0.39, 0.29) is 0 Å². The summed E-state index contributed by atoms with van der Waals surface area (Å²) < 4.78 is 5.07. The van der Waals surface area contributed by atoms with Crippen molar-refractivity contribution in [2.75, 3.05) is 7.11 Å². The van der Waals surface area contributed by atoms with Gasteiger partial charge in [-0.1, -0.05) is 23.8 Å². The quantitative estimate of drug-likeness (QED) is 0.689. The Hall–Kier alpha value is -1.57. The van der Waals surface area contributed by atoms with Crippen molar-refractivity contribution in [2.24, 2.45) is 0 Å². The minimum absolute atomic E-state index is 0.596. The Morgan fingerprint density at radius 2 is 2.00 bits per heavy atom. The summed E-state index contributed by atoms with van der Waals surface area (Å²) >= 11 is 0. The van der Waals surface area contributed by atoms with Gasteiger partial charge in [-0.3, -0.25) is 0 Å². The molecule has 0 spiro atoms. The minimum Gasteiger partial charge on any atom is -0.497 e. The smallest absolute Gasteiger partial charge is 0.120 e. The predicted octanol–water partition coefficient (Wildman–Crippen LogP) is 3.08. The maximum absolute atomic E-state index is 10.2. The highest BCUT2D eigenvalue weighted by molar-refractivity contribution is 5.55. The monoisotopic (exact) mass is 204 g/mol. The highest BCUT2D eigenvalue weighted by atomic mass is 16.5. The lowest BCUT2D eigenvalue weighted by atomic mass is 10.1. The van der Waals surface area contributed by atoms with Gasteiger partial charge in [0.2, 0.25) is 0 Å². The first-order valence-corrected chi connectivity index (χ1v) is 5.01. The van der Waals surface area contributed by atoms with Gasteiger partial charge in [0.05, 0.1) is 7.11 Å². The highest BCUT2D eigenvalue weighted by Crippen LogP contribution is 2.15. The molecule has 0 aliphatic rings. The SMILES string of the molecule is COc1ccc(/C=C(\C)CCC=O)cc1. The van der Waals surface area contributed by atoms with Gasteiger partial charge in [0.15, 0.2) is 0 Å². The van der Waals surface area contributed by atoms with Crippen molar-refractivity contribution in [1.82, 2.24) is 0 Å². The van der Waals surface area contributed by atoms with Gasteiger partial charge in [0.1, 0.15) is 12.0 Å². The number of rotatable bonds is 5. The molecule has 0 unspecified atom stereocenters. The van der Waals surface area contributed by atoms with Crippen LogP contribution in [0.3, 0.4) is 0 Å². The van der Waals surface area contributed by atoms with Gasteiger partial charge < -0.3 is 9.53 Å². The Kier molecular flexibility index (Phi) is 4.61. The van der Waals surface area contributed by atoms with Gasteiger partial charge in [0, 0.05) is 6.42 Å². The first kappa shape index (κ1) is 11.5. The topological polar surface area (TPSA) is 26.3 Å². The van der Waals surface area contributed by atoms with Crippen molar-refractivity contribution < 1.29 is 9.53 Å². The van der Waals surface area contributed by atoms with E-state index in [1.807, 2.05) is 31.2 Å². The van der Waals surface area contributed by atoms with Crippen LogP contribution in [0.5, 0.6) is 5.75 Å². The van der Waals surface area contributed by atoms with Gasteiger partial charge in [-0.15, -0.1) is 0 Å². The molecule has 2 nitrogen and oxygen atoms in total. The Morgan fingerprint density at radius 3 is 2.53 bits per heavy atom. The molecule has 1 aromatic carbocycles. The van der Waals surface area contributed by atoms with Crippen LogP contribution in [0.1, 0.15) is 25.3 Å². The molecule has 15 heavy (non-hydrogen) atoms. The Morgan fingerprint density at radius 1 is 1.33 bits per heavy atom. The number of carbonyl (C=O) groups excluding carboxylic acids is 1. The van der Waals surface area contributed by atoms with Crippen molar-refractivity contribution >= 4 is 12.4 Å². The summed E-state index contributed by atoms with van der Waals surface area (Å²) in [5, 5.41) is 0. The number of benzene rings is 1. The lowest BCUT2D eigenvalue weighted by Gasteiger charge is -2.01. The summed E-state index contributed by atoms with van der Waals surface area (Å²) in [5.74, 6) is 0.859. The van der Waals surface area contributed by atoms with Gasteiger partial charge in [-0.25, -0.2) is 0 Å². The number of allylic oxidation sites excluding steroid dienone is 1. The first-order chi connectivity index (χ1) is 7.26. The second-order valence-electron chi connectivity index (χ2n) is 3.47. The van der Waals surface area contributed by atoms with E-state index in [4.69, 9.17) is 4.74 Å². The van der Waals surface area contributed by atoms with Crippen molar-refractivity contribution in [3.05, 3.63) is 35.4 Å². The molecule has 0 saturated carbocycles. The zero-order chi connectivity index (χ0) is 11.1. The summed E-state index contributed by atoms with van der Waals surface area (Å²) in [7, 11) is 1.65. The van der Waals surface area contributed by atoms with E-state index < -0.39 is 0 Å². The van der Waals surface area contributed by atoms with E-state index >= 15 is 0 Å². The summed E-state index contributed by atoms with van der Waals surface area (Å²) in [4.78, 5) is 10.2. The fourth-order valence-electron chi connectivity index (χ4n) is 1.34. The van der Waals surface area contributed by atoms with Crippen LogP contribution < -0.4 is 4.74 Å². The minimum atomic E-state index is 0.596. The second-order valence-corrected chi connectivity index (χ2v) is 3.47. The molecule has 1 aromatic rings. The van der Waals surface area contributed by atoms with E-state index in [9.17, 15) is 4.79 Å². The van der Waals surface area contributed by atoms with Gasteiger partial charge in [0.25, 0.3) is 0 Å². The van der Waals surface area contributed by atoms with Crippen LogP contribution in [0, 0.1) is 0 Å². The van der Waals surface area contributed by atoms with Crippen LogP contribution >= 0.6 is 0 Å². The molecule has 0 N–H and O–H groups in total. The standard InChI is InChI=1S/C13H16O2/c1-11(4-3-9-14)10-12-5-7-13(15-2)8-6-12/h5-10H,3-4H2,1-2H3/b11-10+. The van der Waals surface area contributed by atoms with E-state index in [1.165, 1.54) is 5.57 Å². The molecule has 0 aliphatic carbocycles. The number of aldehydes is 1. The van der Waals surface area contributed by atoms with E-state index in [0.717, 1.165) is 24.0 Å². The molecule has 0 bridgehead atoms. The lowest BCUT2D eigenvalue weighted by molar-refractivity contribution is -0.107. The zero-order valence-electron chi connectivity index (χ0n) is 9.19. The van der Waals surface area contributed by atoms with Gasteiger partial charge in [-0.05, 0) is 31.0 Å². The molecule has 0 amide bonds. The molecule has 0 aliphatic heterocycles. The molecular weight excluding hydrogens is 188 g/mol. The molecule has 0 aromatic heterocycles. The zero-order valence-corrected chi connectivity index (χ0v) is 9.19. The van der Waals surface area contributed by atoms with Crippen LogP contribution in [-0.4, -0.2) is 13.4 Å². The molecule has 0 heterocycles. The summed E-state index contributed by atoms with van der Waals surface area (Å²) in [6.45, 7) is 2.04. The third kappa shape index (κ3) is 3.98. The highest BCUT2D eigenvalue weighted by Gasteiger charge is 1.93. The van der Waals surface area contributed by atoms with Crippen LogP contribution in [0.15, 0.2) is 29.8 Å². The normalized spacial score (nSPS) is 11.2. The van der Waals surface area contributed by atoms with Crippen LogP contribution in [0.25, 0.3) is 6.08 Å². The first-order valence-electron chi connectivity index (χ1n) is 5.01. The molecular formula is C13H16O2. The van der Waals surface area contributed by atoms with Crippen molar-refractivity contribution in [1.29, 1.82) is 0 Å². The number of ether oxygens (including phenoxy) is 1. The van der Waals surface area contributed by atoms with Gasteiger partial charge >= 0.3 is 0 Å². The largest absolute Gasteiger partial charge is 0.497 e. The molecule has 2 heteroatoms. The summed E-state index contributed by atoms with van der Waals surface area (Å²) in [6.07, 6.45) is 4.46. The maximum Gasteiger partial charge on any atom is 0.120 e. The molecule has 1 rings (SSSR count). The Balaban J connectivity index is 2.66. The molecule has 0 saturated heterocycles. The Labute approximate surface area is 90.6 Å². The third-order valence-electron chi connectivity index (χ3n) is 2.19. The van der Waals surface area contributed by atoms with Crippen molar-refractivity contribution in [3.8, 4) is 5.75 Å². The fourth-order valence-corrected chi connectivity index (χ4v) is 1.34. The van der Waals surface area contributed by atoms with Crippen LogP contribution in [-0.2, 0) is 4.79 Å². The predicted molar refractivity (Wildman–Crippen MR) is 61.9 cm³/mol. The van der Waals surface area contributed by atoms with E-state index in [2.05, 4.69) is 6.08 Å². The van der Waals surface area contributed by atoms with Crippen molar-refractivity contribution in [3.63, 3.8) is 0 Å². The van der Waals surface area contributed by atoms with Crippen molar-refractivity contribution in [2.45, 2.75) is 19.8 Å². The van der Waals surface area contributed by atoms with Gasteiger partial charge in [-0.2, -0.15) is 0 Å². The number of hydrogen-bond acceptors (Lipinski definition) is 2. The average molecular weight is 204 g/mol. The molecule has 0 fully saturated rings.